The molecular weight excluding hydrogens is 392 g/mol. The Hall–Kier alpha value is -4.34. The van der Waals surface area contributed by atoms with Gasteiger partial charge >= 0.3 is 12.1 Å². The molecule has 10 nitrogen and oxygen atoms in total. The van der Waals surface area contributed by atoms with Crippen LogP contribution in [0.25, 0.3) is 0 Å². The zero-order chi connectivity index (χ0) is 21.5. The third-order valence-corrected chi connectivity index (χ3v) is 3.98. The Balaban J connectivity index is 1.81. The number of rotatable bonds is 6. The summed E-state index contributed by atoms with van der Waals surface area (Å²) in [5, 5.41) is 10.8. The molecule has 0 aliphatic heterocycles. The van der Waals surface area contributed by atoms with E-state index < -0.39 is 17.0 Å². The largest absolute Gasteiger partial charge is 0.465 e. The van der Waals surface area contributed by atoms with Crippen LogP contribution < -0.4 is 9.64 Å². The maximum absolute atomic E-state index is 12.8. The summed E-state index contributed by atoms with van der Waals surface area (Å²) < 4.78 is 10.00. The Labute approximate surface area is 170 Å². The van der Waals surface area contributed by atoms with Crippen molar-refractivity contribution in [3.05, 3.63) is 88.2 Å². The van der Waals surface area contributed by atoms with Crippen LogP contribution in [0.3, 0.4) is 0 Å². The summed E-state index contributed by atoms with van der Waals surface area (Å²) in [4.78, 5) is 43.9. The van der Waals surface area contributed by atoms with Crippen LogP contribution in [-0.2, 0) is 11.3 Å². The van der Waals surface area contributed by atoms with Crippen molar-refractivity contribution in [1.82, 2.24) is 9.97 Å². The molecule has 0 saturated carbocycles. The van der Waals surface area contributed by atoms with Gasteiger partial charge in [-0.3, -0.25) is 10.1 Å². The van der Waals surface area contributed by atoms with Gasteiger partial charge in [-0.1, -0.05) is 12.1 Å². The average Bonchev–Trinajstić information content (AvgIpc) is 2.78. The van der Waals surface area contributed by atoms with Crippen molar-refractivity contribution >= 4 is 23.7 Å². The highest BCUT2D eigenvalue weighted by Gasteiger charge is 2.21. The molecule has 3 aromatic rings. The van der Waals surface area contributed by atoms with Gasteiger partial charge in [-0.25, -0.2) is 24.5 Å². The van der Waals surface area contributed by atoms with Crippen LogP contribution in [0.2, 0.25) is 0 Å². The van der Waals surface area contributed by atoms with Gasteiger partial charge in [-0.15, -0.1) is 0 Å². The number of hydrogen-bond acceptors (Lipinski definition) is 8. The van der Waals surface area contributed by atoms with Crippen molar-refractivity contribution in [2.24, 2.45) is 0 Å². The lowest BCUT2D eigenvalue weighted by Gasteiger charge is -2.20. The highest BCUT2D eigenvalue weighted by atomic mass is 16.6. The molecule has 0 aliphatic rings. The van der Waals surface area contributed by atoms with E-state index in [0.717, 1.165) is 0 Å². The van der Waals surface area contributed by atoms with Crippen molar-refractivity contribution in [3.63, 3.8) is 0 Å². The first-order chi connectivity index (χ1) is 14.5. The summed E-state index contributed by atoms with van der Waals surface area (Å²) in [5.41, 5.74) is 0.941. The molecule has 1 heterocycles. The molecule has 0 bridgehead atoms. The van der Waals surface area contributed by atoms with E-state index in [-0.39, 0.29) is 23.9 Å². The van der Waals surface area contributed by atoms with Gasteiger partial charge < -0.3 is 9.47 Å². The second-order valence-electron chi connectivity index (χ2n) is 5.94. The lowest BCUT2D eigenvalue weighted by Crippen LogP contribution is -2.34. The Morgan fingerprint density at radius 2 is 1.67 bits per heavy atom. The van der Waals surface area contributed by atoms with Gasteiger partial charge in [-0.05, 0) is 35.9 Å². The normalized spacial score (nSPS) is 10.2. The highest BCUT2D eigenvalue weighted by Crippen LogP contribution is 2.20. The van der Waals surface area contributed by atoms with Gasteiger partial charge in [0.1, 0.15) is 5.75 Å². The summed E-state index contributed by atoms with van der Waals surface area (Å²) in [7, 11) is 1.29. The molecule has 1 amide bonds. The molecule has 0 N–H and O–H groups in total. The zero-order valence-corrected chi connectivity index (χ0v) is 15.8. The standard InChI is InChI=1S/C20H16N4O6/c1-29-18(25)15-5-3-14(4-6-15)13-23(19-21-11-2-12-22-19)20(26)30-17-9-7-16(8-10-17)24(27)28/h2-12H,13H2,1H3. The molecule has 1 aromatic heterocycles. The van der Waals surface area contributed by atoms with E-state index in [2.05, 4.69) is 14.7 Å². The van der Waals surface area contributed by atoms with Crippen LogP contribution in [0.1, 0.15) is 15.9 Å². The summed E-state index contributed by atoms with van der Waals surface area (Å²) >= 11 is 0. The van der Waals surface area contributed by atoms with Gasteiger partial charge in [0.05, 0.1) is 24.1 Å². The maximum atomic E-state index is 12.8. The number of hydrogen-bond donors (Lipinski definition) is 0. The summed E-state index contributed by atoms with van der Waals surface area (Å²) in [5.74, 6) is -0.226. The van der Waals surface area contributed by atoms with Crippen molar-refractivity contribution in [1.29, 1.82) is 0 Å². The Morgan fingerprint density at radius 1 is 1.03 bits per heavy atom. The second-order valence-corrected chi connectivity index (χ2v) is 5.94. The number of benzene rings is 2. The van der Waals surface area contributed by atoms with Crippen molar-refractivity contribution < 1.29 is 24.0 Å². The molecule has 0 fully saturated rings. The molecule has 0 unspecified atom stereocenters. The van der Waals surface area contributed by atoms with Crippen LogP contribution in [0.15, 0.2) is 67.0 Å². The Morgan fingerprint density at radius 3 is 2.23 bits per heavy atom. The minimum absolute atomic E-state index is 0.0667. The van der Waals surface area contributed by atoms with Crippen LogP contribution in [0.5, 0.6) is 5.75 Å². The van der Waals surface area contributed by atoms with Gasteiger partial charge in [-0.2, -0.15) is 0 Å². The highest BCUT2D eigenvalue weighted by molar-refractivity contribution is 5.89. The predicted octanol–water partition coefficient (Wildman–Crippen LogP) is 3.38. The van der Waals surface area contributed by atoms with Crippen LogP contribution in [-0.4, -0.2) is 34.1 Å². The monoisotopic (exact) mass is 408 g/mol. The number of aromatic nitrogens is 2. The number of nitro benzene ring substituents is 1. The van der Waals surface area contributed by atoms with Gasteiger partial charge in [0.15, 0.2) is 0 Å². The summed E-state index contributed by atoms with van der Waals surface area (Å²) in [6.07, 6.45) is 2.19. The van der Waals surface area contributed by atoms with Gasteiger partial charge in [0, 0.05) is 24.5 Å². The smallest absolute Gasteiger partial charge is 0.422 e. The first kappa shape index (κ1) is 20.4. The SMILES string of the molecule is COC(=O)c1ccc(CN(C(=O)Oc2ccc([N+](=O)[O-])cc2)c2ncccn2)cc1. The van der Waals surface area contributed by atoms with Crippen molar-refractivity contribution in [2.45, 2.75) is 6.54 Å². The van der Waals surface area contributed by atoms with Crippen molar-refractivity contribution in [3.8, 4) is 5.75 Å². The van der Waals surface area contributed by atoms with E-state index >= 15 is 0 Å². The van der Waals surface area contributed by atoms with E-state index in [9.17, 15) is 19.7 Å². The topological polar surface area (TPSA) is 125 Å². The molecular formula is C20H16N4O6. The van der Waals surface area contributed by atoms with E-state index in [1.54, 1.807) is 30.3 Å². The van der Waals surface area contributed by atoms with E-state index in [0.29, 0.717) is 11.1 Å². The quantitative estimate of drug-likeness (QED) is 0.345. The number of anilines is 1. The number of esters is 1. The van der Waals surface area contributed by atoms with E-state index in [1.807, 2.05) is 0 Å². The number of nitrogens with zero attached hydrogens (tertiary/aromatic N) is 4. The van der Waals surface area contributed by atoms with Crippen LogP contribution in [0, 0.1) is 10.1 Å². The average molecular weight is 408 g/mol. The second kappa shape index (κ2) is 9.24. The molecule has 152 valence electrons. The number of non-ortho nitro benzene ring substituents is 1. The van der Waals surface area contributed by atoms with Gasteiger partial charge in [0.2, 0.25) is 5.95 Å². The molecule has 0 aliphatic carbocycles. The number of amides is 1. The Kier molecular flexibility index (Phi) is 6.28. The zero-order valence-electron chi connectivity index (χ0n) is 15.8. The first-order valence-electron chi connectivity index (χ1n) is 8.66. The fraction of sp³-hybridized carbons (Fsp3) is 0.100. The molecule has 2 aromatic carbocycles. The summed E-state index contributed by atoms with van der Waals surface area (Å²) in [6.45, 7) is 0.0667. The molecule has 0 saturated heterocycles. The van der Waals surface area contributed by atoms with Gasteiger partial charge in [0.25, 0.3) is 5.69 Å². The van der Waals surface area contributed by atoms with Crippen LogP contribution in [0.4, 0.5) is 16.4 Å². The lowest BCUT2D eigenvalue weighted by molar-refractivity contribution is -0.384. The fourth-order valence-electron chi connectivity index (χ4n) is 2.49. The number of carbonyl (C=O) groups is 2. The summed E-state index contributed by atoms with van der Waals surface area (Å²) in [6, 6.07) is 13.2. The first-order valence-corrected chi connectivity index (χ1v) is 8.66. The Bertz CT molecular complexity index is 1040. The molecule has 0 radical (unpaired) electrons. The molecule has 0 atom stereocenters. The molecule has 10 heteroatoms. The van der Waals surface area contributed by atoms with E-state index in [4.69, 9.17) is 4.74 Å². The number of methoxy groups -OCH3 is 1. The fourth-order valence-corrected chi connectivity index (χ4v) is 2.49. The minimum atomic E-state index is -0.771. The number of ether oxygens (including phenoxy) is 2. The van der Waals surface area contributed by atoms with E-state index in [1.165, 1.54) is 48.7 Å². The lowest BCUT2D eigenvalue weighted by atomic mass is 10.1. The molecule has 30 heavy (non-hydrogen) atoms. The number of nitro groups is 1. The minimum Gasteiger partial charge on any atom is -0.465 e. The predicted molar refractivity (Wildman–Crippen MR) is 105 cm³/mol. The maximum Gasteiger partial charge on any atom is 0.422 e. The van der Waals surface area contributed by atoms with Crippen LogP contribution >= 0.6 is 0 Å². The molecule has 3 rings (SSSR count). The number of carbonyl (C=O) groups excluding carboxylic acids is 2. The van der Waals surface area contributed by atoms with Crippen molar-refractivity contribution in [2.75, 3.05) is 12.0 Å². The third kappa shape index (κ3) is 4.93. The molecule has 0 spiro atoms. The third-order valence-electron chi connectivity index (χ3n) is 3.98.